The molecule has 1 amide bonds. The number of rotatable bonds is 5. The van der Waals surface area contributed by atoms with Gasteiger partial charge in [-0.25, -0.2) is 14.1 Å². The highest BCUT2D eigenvalue weighted by Crippen LogP contribution is 2.39. The fraction of sp³-hybridized carbons (Fsp3) is 0.286. The number of nitrogens with one attached hydrogen (secondary N) is 1. The van der Waals surface area contributed by atoms with Crippen LogP contribution in [0, 0.1) is 0 Å². The normalized spacial score (nSPS) is 18.4. The zero-order valence-electron chi connectivity index (χ0n) is 17.0. The van der Waals surface area contributed by atoms with Crippen molar-refractivity contribution in [1.82, 2.24) is 9.21 Å². The van der Waals surface area contributed by atoms with E-state index in [0.717, 1.165) is 35.8 Å². The van der Waals surface area contributed by atoms with E-state index in [1.165, 1.54) is 4.31 Å². The summed E-state index contributed by atoms with van der Waals surface area (Å²) in [5, 5.41) is 0.416. The SMILES string of the molecule is CC1(C)CN2C=Nc3ccc(Oc4cccc(NSN5CCOC5=O)c4Cl)cc3C2=N1. The molecule has 0 aromatic heterocycles. The molecule has 2 aromatic carbocycles. The minimum absolute atomic E-state index is 0.164. The molecule has 0 aliphatic carbocycles. The summed E-state index contributed by atoms with van der Waals surface area (Å²) >= 11 is 7.69. The Balaban J connectivity index is 1.37. The third kappa shape index (κ3) is 3.90. The zero-order valence-corrected chi connectivity index (χ0v) is 18.5. The number of nitrogens with zero attached hydrogens (tertiary/aromatic N) is 4. The highest BCUT2D eigenvalue weighted by molar-refractivity contribution is 7.98. The lowest BCUT2D eigenvalue weighted by atomic mass is 10.1. The van der Waals surface area contributed by atoms with Crippen LogP contribution in [0.2, 0.25) is 5.02 Å². The highest BCUT2D eigenvalue weighted by Gasteiger charge is 2.34. The Labute approximate surface area is 189 Å². The fourth-order valence-electron chi connectivity index (χ4n) is 3.55. The van der Waals surface area contributed by atoms with Crippen molar-refractivity contribution in [2.75, 3.05) is 24.4 Å². The summed E-state index contributed by atoms with van der Waals surface area (Å²) in [6.07, 6.45) is 1.46. The maximum atomic E-state index is 11.6. The molecule has 1 saturated heterocycles. The number of anilines is 1. The third-order valence-corrected chi connectivity index (χ3v) is 6.22. The van der Waals surface area contributed by atoms with E-state index >= 15 is 0 Å². The second-order valence-corrected chi connectivity index (χ2v) is 9.13. The average molecular weight is 458 g/mol. The molecule has 31 heavy (non-hydrogen) atoms. The maximum Gasteiger partial charge on any atom is 0.421 e. The van der Waals surface area contributed by atoms with Gasteiger partial charge in [-0.2, -0.15) is 0 Å². The predicted octanol–water partition coefficient (Wildman–Crippen LogP) is 5.07. The molecule has 2 aromatic rings. The van der Waals surface area contributed by atoms with E-state index in [1.807, 2.05) is 36.7 Å². The van der Waals surface area contributed by atoms with Gasteiger partial charge in [0.1, 0.15) is 29.0 Å². The van der Waals surface area contributed by atoms with Crippen molar-refractivity contribution in [2.45, 2.75) is 19.4 Å². The van der Waals surface area contributed by atoms with Crippen LogP contribution in [0.4, 0.5) is 16.2 Å². The molecule has 0 unspecified atom stereocenters. The minimum atomic E-state index is -0.371. The molecular formula is C21H20ClN5O3S. The Hall–Kier alpha value is -2.91. The zero-order chi connectivity index (χ0) is 21.6. The Kier molecular flexibility index (Phi) is 4.94. The molecule has 10 heteroatoms. The van der Waals surface area contributed by atoms with Gasteiger partial charge in [0.2, 0.25) is 0 Å². The highest BCUT2D eigenvalue weighted by atomic mass is 35.5. The predicted molar refractivity (Wildman–Crippen MR) is 123 cm³/mol. The van der Waals surface area contributed by atoms with Crippen LogP contribution >= 0.6 is 23.7 Å². The number of carbonyl (C=O) groups excluding carboxylic acids is 1. The van der Waals surface area contributed by atoms with Crippen LogP contribution < -0.4 is 9.46 Å². The van der Waals surface area contributed by atoms with Crippen molar-refractivity contribution in [1.29, 1.82) is 0 Å². The molecule has 0 atom stereocenters. The summed E-state index contributed by atoms with van der Waals surface area (Å²) < 4.78 is 15.6. The van der Waals surface area contributed by atoms with E-state index in [9.17, 15) is 4.79 Å². The van der Waals surface area contributed by atoms with Crippen molar-refractivity contribution in [3.63, 3.8) is 0 Å². The standard InChI is InChI=1S/C21H20ClN5O3S/c1-21(2)11-26-12-23-15-7-6-13(10-14(15)19(26)24-21)30-17-5-3-4-16(18(17)22)25-31-27-8-9-29-20(27)28/h3-7,10,12,25H,8-9,11H2,1-2H3. The number of cyclic esters (lactones) is 1. The molecule has 1 fully saturated rings. The van der Waals surface area contributed by atoms with Crippen molar-refractivity contribution >= 4 is 53.4 Å². The number of halogens is 1. The van der Waals surface area contributed by atoms with E-state index in [2.05, 4.69) is 28.5 Å². The molecule has 160 valence electrons. The van der Waals surface area contributed by atoms with Gasteiger partial charge in [-0.15, -0.1) is 0 Å². The Morgan fingerprint density at radius 2 is 2.16 bits per heavy atom. The molecule has 8 nitrogen and oxygen atoms in total. The van der Waals surface area contributed by atoms with Gasteiger partial charge in [-0.3, -0.25) is 4.99 Å². The Bertz CT molecular complexity index is 1120. The number of benzene rings is 2. The van der Waals surface area contributed by atoms with Gasteiger partial charge in [0.05, 0.1) is 48.5 Å². The lowest BCUT2D eigenvalue weighted by molar-refractivity contribution is 0.171. The second kappa shape index (κ2) is 7.65. The van der Waals surface area contributed by atoms with Gasteiger partial charge in [-0.1, -0.05) is 17.7 Å². The summed E-state index contributed by atoms with van der Waals surface area (Å²) in [7, 11) is 0. The first-order valence-electron chi connectivity index (χ1n) is 9.78. The number of amides is 1. The first kappa shape index (κ1) is 20.0. The first-order valence-corrected chi connectivity index (χ1v) is 10.9. The topological polar surface area (TPSA) is 78.8 Å². The van der Waals surface area contributed by atoms with Crippen LogP contribution in [0.3, 0.4) is 0 Å². The van der Waals surface area contributed by atoms with Crippen molar-refractivity contribution in [2.24, 2.45) is 9.98 Å². The molecule has 3 aliphatic heterocycles. The number of amidine groups is 1. The van der Waals surface area contributed by atoms with Crippen molar-refractivity contribution < 1.29 is 14.3 Å². The van der Waals surface area contributed by atoms with Crippen molar-refractivity contribution in [3.05, 3.63) is 47.0 Å². The minimum Gasteiger partial charge on any atom is -0.456 e. The number of ether oxygens (including phenoxy) is 2. The number of aliphatic imine (C=N–C) groups is 2. The smallest absolute Gasteiger partial charge is 0.421 e. The van der Waals surface area contributed by atoms with Gasteiger partial charge in [-0.05, 0) is 44.2 Å². The summed E-state index contributed by atoms with van der Waals surface area (Å²) in [5.74, 6) is 2.04. The third-order valence-electron chi connectivity index (χ3n) is 4.96. The second-order valence-electron chi connectivity index (χ2n) is 7.93. The Morgan fingerprint density at radius 1 is 1.29 bits per heavy atom. The number of fused-ring (bicyclic) bond motifs is 3. The van der Waals surface area contributed by atoms with Gasteiger partial charge in [0.15, 0.2) is 0 Å². The van der Waals surface area contributed by atoms with E-state index in [4.69, 9.17) is 26.1 Å². The van der Waals surface area contributed by atoms with E-state index in [-0.39, 0.29) is 11.6 Å². The van der Waals surface area contributed by atoms with Crippen molar-refractivity contribution in [3.8, 4) is 11.5 Å². The Morgan fingerprint density at radius 3 is 2.97 bits per heavy atom. The molecule has 0 spiro atoms. The summed E-state index contributed by atoms with van der Waals surface area (Å²) in [5.41, 5.74) is 2.26. The van der Waals surface area contributed by atoms with Crippen LogP contribution in [0.1, 0.15) is 19.4 Å². The number of hydrogen-bond acceptors (Lipinski definition) is 8. The number of carbonyl (C=O) groups is 1. The van der Waals surface area contributed by atoms with Crippen LogP contribution in [-0.2, 0) is 4.74 Å². The lowest BCUT2D eigenvalue weighted by Crippen LogP contribution is -2.33. The largest absolute Gasteiger partial charge is 0.456 e. The number of hydrogen-bond donors (Lipinski definition) is 1. The molecule has 3 aliphatic rings. The summed E-state index contributed by atoms with van der Waals surface area (Å²) in [6, 6.07) is 11.2. The molecule has 5 rings (SSSR count). The van der Waals surface area contributed by atoms with Gasteiger partial charge in [0, 0.05) is 5.56 Å². The molecule has 0 bridgehead atoms. The molecule has 0 saturated carbocycles. The molecular weight excluding hydrogens is 438 g/mol. The fourth-order valence-corrected chi connectivity index (χ4v) is 4.49. The van der Waals surface area contributed by atoms with E-state index in [0.29, 0.717) is 35.4 Å². The van der Waals surface area contributed by atoms with E-state index in [1.54, 1.807) is 6.07 Å². The van der Waals surface area contributed by atoms with Crippen LogP contribution in [0.25, 0.3) is 0 Å². The monoisotopic (exact) mass is 457 g/mol. The van der Waals surface area contributed by atoms with Gasteiger partial charge in [0.25, 0.3) is 0 Å². The van der Waals surface area contributed by atoms with Crippen LogP contribution in [0.5, 0.6) is 11.5 Å². The maximum absolute atomic E-state index is 11.6. The molecule has 1 N–H and O–H groups in total. The quantitative estimate of drug-likeness (QED) is 0.631. The lowest BCUT2D eigenvalue weighted by Gasteiger charge is -2.22. The van der Waals surface area contributed by atoms with Crippen LogP contribution in [0.15, 0.2) is 46.4 Å². The molecule has 3 heterocycles. The average Bonchev–Trinajstić information content (AvgIpc) is 3.29. The van der Waals surface area contributed by atoms with Gasteiger partial charge >= 0.3 is 6.09 Å². The first-order chi connectivity index (χ1) is 14.9. The van der Waals surface area contributed by atoms with Crippen LogP contribution in [-0.4, -0.2) is 52.7 Å². The van der Waals surface area contributed by atoms with E-state index < -0.39 is 0 Å². The summed E-state index contributed by atoms with van der Waals surface area (Å²) in [6.45, 7) is 5.89. The molecule has 0 radical (unpaired) electrons. The summed E-state index contributed by atoms with van der Waals surface area (Å²) in [4.78, 5) is 23.0. The van der Waals surface area contributed by atoms with Gasteiger partial charge < -0.3 is 19.1 Å².